The van der Waals surface area contributed by atoms with E-state index in [0.717, 1.165) is 0 Å². The van der Waals surface area contributed by atoms with Crippen LogP contribution in [0.4, 0.5) is 22.7 Å². The molecule has 0 aliphatic heterocycles. The molecule has 0 unspecified atom stereocenters. The number of benzene rings is 4. The molecular formula is C20H17N4O6S2+. The fourth-order valence-corrected chi connectivity index (χ4v) is 4.67. The number of nitrogens with one attached hydrogen (secondary N) is 1. The van der Waals surface area contributed by atoms with Crippen LogP contribution < -0.4 is 16.6 Å². The summed E-state index contributed by atoms with van der Waals surface area (Å²) in [5, 5.41) is 8.54. The summed E-state index contributed by atoms with van der Waals surface area (Å²) in [4.78, 5) is -0.658. The molecule has 0 radical (unpaired) electrons. The van der Waals surface area contributed by atoms with Crippen LogP contribution in [0.2, 0.25) is 0 Å². The van der Waals surface area contributed by atoms with Crippen LogP contribution >= 0.6 is 0 Å². The molecule has 0 aromatic heterocycles. The number of nitrogens with zero attached hydrogens (tertiary/aromatic N) is 1. The molecule has 0 fully saturated rings. The molecule has 0 amide bonds. The maximum Gasteiger partial charge on any atom is 0.295 e. The van der Waals surface area contributed by atoms with Gasteiger partial charge >= 0.3 is 0 Å². The van der Waals surface area contributed by atoms with E-state index in [2.05, 4.69) is 10.2 Å². The molecule has 10 nitrogen and oxygen atoms in total. The minimum Gasteiger partial charge on any atom is -0.398 e. The molecule has 4 aromatic rings. The quantitative estimate of drug-likeness (QED) is 0.169. The van der Waals surface area contributed by atoms with Crippen LogP contribution in [0.3, 0.4) is 0 Å². The summed E-state index contributed by atoms with van der Waals surface area (Å²) in [6.45, 7) is 0. The second-order valence-electron chi connectivity index (χ2n) is 6.94. The Hall–Kier alpha value is -3.58. The SMILES string of the molecule is Nc1ccc([NH+]=Nc2ccc(N)c3c(S(=O)(=O)O)cccc23)c2cc(S(=O)(=O)O)ccc12. The van der Waals surface area contributed by atoms with Gasteiger partial charge in [-0.2, -0.15) is 16.8 Å². The van der Waals surface area contributed by atoms with Crippen LogP contribution in [0, 0.1) is 0 Å². The predicted molar refractivity (Wildman–Crippen MR) is 119 cm³/mol. The normalized spacial score (nSPS) is 12.7. The van der Waals surface area contributed by atoms with Gasteiger partial charge in [0.25, 0.3) is 20.2 Å². The van der Waals surface area contributed by atoms with Crippen molar-refractivity contribution in [3.8, 4) is 0 Å². The molecule has 0 saturated heterocycles. The van der Waals surface area contributed by atoms with Gasteiger partial charge in [0.1, 0.15) is 10.6 Å². The second kappa shape index (κ2) is 7.53. The van der Waals surface area contributed by atoms with Gasteiger partial charge in [0, 0.05) is 33.6 Å². The molecule has 0 heterocycles. The Morgan fingerprint density at radius 3 is 2.16 bits per heavy atom. The molecule has 12 heteroatoms. The van der Waals surface area contributed by atoms with Crippen molar-refractivity contribution in [3.05, 3.63) is 60.7 Å². The second-order valence-corrected chi connectivity index (χ2v) is 9.75. The van der Waals surface area contributed by atoms with Crippen molar-refractivity contribution in [2.45, 2.75) is 9.79 Å². The summed E-state index contributed by atoms with van der Waals surface area (Å²) in [6, 6.07) is 14.4. The molecule has 0 atom stereocenters. The third kappa shape index (κ3) is 3.87. The zero-order chi connectivity index (χ0) is 23.3. The Morgan fingerprint density at radius 1 is 0.750 bits per heavy atom. The predicted octanol–water partition coefficient (Wildman–Crippen LogP) is 2.15. The average Bonchev–Trinajstić information content (AvgIpc) is 2.72. The van der Waals surface area contributed by atoms with Crippen LogP contribution in [-0.2, 0) is 20.2 Å². The number of hydrogen-bond acceptors (Lipinski definition) is 7. The van der Waals surface area contributed by atoms with Crippen LogP contribution in [-0.4, -0.2) is 25.9 Å². The van der Waals surface area contributed by atoms with Gasteiger partial charge in [-0.1, -0.05) is 23.3 Å². The molecule has 0 aliphatic rings. The minimum absolute atomic E-state index is 0.119. The van der Waals surface area contributed by atoms with E-state index in [4.69, 9.17) is 11.5 Å². The van der Waals surface area contributed by atoms with Crippen molar-refractivity contribution >= 4 is 64.5 Å². The molecule has 4 aromatic carbocycles. The zero-order valence-corrected chi connectivity index (χ0v) is 17.9. The highest BCUT2D eigenvalue weighted by Crippen LogP contribution is 2.34. The van der Waals surface area contributed by atoms with E-state index in [1.54, 1.807) is 24.3 Å². The first-order chi connectivity index (χ1) is 15.0. The molecule has 0 saturated carbocycles. The van der Waals surface area contributed by atoms with Gasteiger partial charge in [-0.3, -0.25) is 9.11 Å². The summed E-state index contributed by atoms with van der Waals surface area (Å²) in [5.74, 6) is 0. The zero-order valence-electron chi connectivity index (χ0n) is 16.2. The first-order valence-electron chi connectivity index (χ1n) is 9.02. The molecule has 0 aliphatic carbocycles. The minimum atomic E-state index is -4.52. The Balaban J connectivity index is 1.93. The fourth-order valence-electron chi connectivity index (χ4n) is 3.43. The third-order valence-electron chi connectivity index (χ3n) is 4.91. The molecule has 164 valence electrons. The van der Waals surface area contributed by atoms with E-state index in [9.17, 15) is 25.9 Å². The lowest BCUT2D eigenvalue weighted by molar-refractivity contribution is -0.431. The van der Waals surface area contributed by atoms with Crippen LogP contribution in [0.25, 0.3) is 21.5 Å². The lowest BCUT2D eigenvalue weighted by atomic mass is 10.1. The Kier molecular flexibility index (Phi) is 5.09. The molecule has 0 bridgehead atoms. The molecule has 0 spiro atoms. The van der Waals surface area contributed by atoms with Gasteiger partial charge in [-0.15, -0.1) is 0 Å². The maximum atomic E-state index is 11.8. The van der Waals surface area contributed by atoms with Gasteiger partial charge in [0.15, 0.2) is 0 Å². The van der Waals surface area contributed by atoms with Crippen LogP contribution in [0.5, 0.6) is 0 Å². The first-order valence-corrected chi connectivity index (χ1v) is 11.9. The number of azo groups is 1. The lowest BCUT2D eigenvalue weighted by Gasteiger charge is -2.07. The molecule has 32 heavy (non-hydrogen) atoms. The van der Waals surface area contributed by atoms with Crippen LogP contribution in [0.1, 0.15) is 0 Å². The van der Waals surface area contributed by atoms with Crippen molar-refractivity contribution in [3.63, 3.8) is 0 Å². The summed E-state index contributed by atoms with van der Waals surface area (Å²) in [5.41, 5.74) is 13.2. The Bertz CT molecular complexity index is 1630. The number of nitrogens with two attached hydrogens (primary N) is 2. The van der Waals surface area contributed by atoms with Gasteiger partial charge in [-0.25, -0.2) is 0 Å². The average molecular weight is 474 g/mol. The summed E-state index contributed by atoms with van der Waals surface area (Å²) in [6.07, 6.45) is 0. The largest absolute Gasteiger partial charge is 0.398 e. The highest BCUT2D eigenvalue weighted by Gasteiger charge is 2.19. The van der Waals surface area contributed by atoms with Crippen molar-refractivity contribution in [1.82, 2.24) is 0 Å². The number of rotatable bonds is 4. The first kappa shape index (κ1) is 21.6. The standard InChI is InChI=1S/C20H16N4O6S2/c21-15-6-8-18(14-10-11(31(25,26)27)4-5-12(14)15)24-23-17-9-7-16(22)20-13(17)2-1-3-19(20)32(28,29)30/h1-10H,21-22H2,(H,25,26,27)(H,28,29,30)/p+1. The van der Waals surface area contributed by atoms with Crippen molar-refractivity contribution < 1.29 is 31.1 Å². The molecular weight excluding hydrogens is 456 g/mol. The Morgan fingerprint density at radius 2 is 1.47 bits per heavy atom. The van der Waals surface area contributed by atoms with Gasteiger partial charge in [0.05, 0.1) is 10.3 Å². The number of nitrogen functional groups attached to an aromatic ring is 2. The van der Waals surface area contributed by atoms with Gasteiger partial charge in [0.2, 0.25) is 5.69 Å². The lowest BCUT2D eigenvalue weighted by Crippen LogP contribution is -2.57. The summed E-state index contributed by atoms with van der Waals surface area (Å²) < 4.78 is 65.5. The third-order valence-corrected chi connectivity index (χ3v) is 6.65. The number of fused-ring (bicyclic) bond motifs is 2. The van der Waals surface area contributed by atoms with Crippen molar-refractivity contribution in [2.24, 2.45) is 5.11 Å². The van der Waals surface area contributed by atoms with E-state index in [0.29, 0.717) is 33.2 Å². The highest BCUT2D eigenvalue weighted by atomic mass is 32.2. The van der Waals surface area contributed by atoms with E-state index in [1.165, 1.54) is 36.4 Å². The van der Waals surface area contributed by atoms with Crippen molar-refractivity contribution in [2.75, 3.05) is 11.5 Å². The highest BCUT2D eigenvalue weighted by molar-refractivity contribution is 7.86. The topological polar surface area (TPSA) is 187 Å². The monoisotopic (exact) mass is 473 g/mol. The van der Waals surface area contributed by atoms with E-state index < -0.39 is 20.2 Å². The van der Waals surface area contributed by atoms with E-state index in [1.807, 2.05) is 0 Å². The van der Waals surface area contributed by atoms with Crippen molar-refractivity contribution in [1.29, 1.82) is 0 Å². The van der Waals surface area contributed by atoms with Gasteiger partial charge < -0.3 is 11.5 Å². The van der Waals surface area contributed by atoms with E-state index >= 15 is 0 Å². The maximum absolute atomic E-state index is 11.8. The fraction of sp³-hybridized carbons (Fsp3) is 0. The summed E-state index contributed by atoms with van der Waals surface area (Å²) >= 11 is 0. The Labute approximate surface area is 182 Å². The smallest absolute Gasteiger partial charge is 0.295 e. The summed E-state index contributed by atoms with van der Waals surface area (Å²) in [7, 11) is -8.96. The van der Waals surface area contributed by atoms with Crippen LogP contribution in [0.15, 0.2) is 75.6 Å². The molecule has 4 rings (SSSR count). The van der Waals surface area contributed by atoms with Gasteiger partial charge in [-0.05, 0) is 41.5 Å². The number of hydrogen-bond donors (Lipinski definition) is 5. The number of anilines is 2. The van der Waals surface area contributed by atoms with E-state index in [-0.39, 0.29) is 20.9 Å². The molecule has 7 N–H and O–H groups in total.